The number of carbonyl (C=O) groups is 1. The number of nitrogens with zero attached hydrogens (tertiary/aromatic N) is 2. The number of esters is 1. The topological polar surface area (TPSA) is 53.0 Å². The number of benzene rings is 1. The van der Waals surface area contributed by atoms with Crippen molar-refractivity contribution in [2.45, 2.75) is 38.2 Å². The Hall–Kier alpha value is -1.50. The van der Waals surface area contributed by atoms with Gasteiger partial charge in [0, 0.05) is 25.7 Å². The van der Waals surface area contributed by atoms with Gasteiger partial charge in [0.2, 0.25) is 0 Å². The highest BCUT2D eigenvalue weighted by molar-refractivity contribution is 5.72. The first-order valence-corrected chi connectivity index (χ1v) is 7.99. The van der Waals surface area contributed by atoms with E-state index in [4.69, 9.17) is 4.74 Å². The molecule has 0 aromatic heterocycles. The zero-order valence-corrected chi connectivity index (χ0v) is 13.5. The van der Waals surface area contributed by atoms with E-state index in [2.05, 4.69) is 4.90 Å². The van der Waals surface area contributed by atoms with E-state index in [9.17, 15) is 14.3 Å². The summed E-state index contributed by atoms with van der Waals surface area (Å²) >= 11 is 0. The molecule has 23 heavy (non-hydrogen) atoms. The molecule has 1 N–H and O–H groups in total. The van der Waals surface area contributed by atoms with Crippen LogP contribution in [0.3, 0.4) is 0 Å². The van der Waals surface area contributed by atoms with Crippen LogP contribution in [0, 0.1) is 11.7 Å². The number of ether oxygens (including phenoxy) is 1. The molecule has 2 saturated heterocycles. The molecule has 1 aromatic carbocycles. The Bertz CT molecular complexity index is 581. The Morgan fingerprint density at radius 2 is 2.30 bits per heavy atom. The molecule has 1 aromatic rings. The van der Waals surface area contributed by atoms with Crippen molar-refractivity contribution in [1.29, 1.82) is 0 Å². The maximum atomic E-state index is 13.3. The van der Waals surface area contributed by atoms with E-state index in [0.29, 0.717) is 13.1 Å². The second-order valence-corrected chi connectivity index (χ2v) is 6.55. The lowest BCUT2D eigenvalue weighted by atomic mass is 10.1. The molecule has 4 atom stereocenters. The average Bonchev–Trinajstić information content (AvgIpc) is 3.06. The number of aliphatic hydroxyl groups excluding tert-OH is 1. The summed E-state index contributed by atoms with van der Waals surface area (Å²) in [5.74, 6) is -0.683. The molecule has 2 heterocycles. The van der Waals surface area contributed by atoms with Gasteiger partial charge < -0.3 is 9.84 Å². The first-order chi connectivity index (χ1) is 11.0. The average molecular weight is 322 g/mol. The van der Waals surface area contributed by atoms with Crippen LogP contribution in [-0.2, 0) is 16.1 Å². The smallest absolute Gasteiger partial charge is 0.309 e. The lowest BCUT2D eigenvalue weighted by Gasteiger charge is -2.39. The van der Waals surface area contributed by atoms with Crippen molar-refractivity contribution in [3.63, 3.8) is 0 Å². The Balaban J connectivity index is 1.62. The fourth-order valence-electron chi connectivity index (χ4n) is 3.80. The van der Waals surface area contributed by atoms with Gasteiger partial charge in [-0.05, 0) is 24.1 Å². The normalized spacial score (nSPS) is 29.0. The standard InChI is InChI=1S/C17H23FN2O3/c1-11(17(22)23-2)8-19-10-14-7-15(19)16(21)20(14)9-12-4-3-5-13(18)6-12/h3-6,11,14-16,21H,7-10H2,1-2H3/t11-,14+,15+,16?/m0/s1. The van der Waals surface area contributed by atoms with Crippen molar-refractivity contribution in [3.8, 4) is 0 Å². The van der Waals surface area contributed by atoms with Crippen molar-refractivity contribution < 1.29 is 19.0 Å². The number of piperazine rings is 1. The van der Waals surface area contributed by atoms with Gasteiger partial charge in [-0.1, -0.05) is 19.1 Å². The first kappa shape index (κ1) is 16.4. The molecule has 2 aliphatic heterocycles. The zero-order chi connectivity index (χ0) is 16.6. The molecule has 126 valence electrons. The lowest BCUT2D eigenvalue weighted by Crippen LogP contribution is -2.53. The van der Waals surface area contributed by atoms with Gasteiger partial charge >= 0.3 is 5.97 Å². The van der Waals surface area contributed by atoms with Crippen LogP contribution in [-0.4, -0.2) is 59.4 Å². The molecule has 0 aliphatic carbocycles. The number of halogens is 1. The molecule has 0 spiro atoms. The molecule has 0 amide bonds. The molecule has 5 nitrogen and oxygen atoms in total. The number of methoxy groups -OCH3 is 1. The maximum Gasteiger partial charge on any atom is 0.309 e. The van der Waals surface area contributed by atoms with E-state index in [-0.39, 0.29) is 29.8 Å². The SMILES string of the molecule is COC(=O)[C@@H](C)CN1C[C@H]2C[C@@H]1C(O)N2Cc1cccc(F)c1. The summed E-state index contributed by atoms with van der Waals surface area (Å²) in [5, 5.41) is 10.6. The van der Waals surface area contributed by atoms with Crippen molar-refractivity contribution >= 4 is 5.97 Å². The number of hydrogen-bond donors (Lipinski definition) is 1. The summed E-state index contributed by atoms with van der Waals surface area (Å²) in [5.41, 5.74) is 0.867. The van der Waals surface area contributed by atoms with Crippen molar-refractivity contribution in [2.24, 2.45) is 5.92 Å². The number of carbonyl (C=O) groups excluding carboxylic acids is 1. The molecule has 2 bridgehead atoms. The number of fused-ring (bicyclic) bond motifs is 2. The van der Waals surface area contributed by atoms with Crippen LogP contribution in [0.5, 0.6) is 0 Å². The summed E-state index contributed by atoms with van der Waals surface area (Å²) in [6.07, 6.45) is 0.298. The zero-order valence-electron chi connectivity index (χ0n) is 13.5. The third kappa shape index (κ3) is 3.24. The minimum atomic E-state index is -0.582. The van der Waals surface area contributed by atoms with E-state index in [0.717, 1.165) is 18.5 Å². The van der Waals surface area contributed by atoms with E-state index in [1.54, 1.807) is 6.07 Å². The van der Waals surface area contributed by atoms with Crippen molar-refractivity contribution in [3.05, 3.63) is 35.6 Å². The predicted octanol–water partition coefficient (Wildman–Crippen LogP) is 1.21. The van der Waals surface area contributed by atoms with Crippen LogP contribution in [0.4, 0.5) is 4.39 Å². The number of aliphatic hydroxyl groups is 1. The third-order valence-corrected chi connectivity index (χ3v) is 4.95. The molecule has 3 rings (SSSR count). The quantitative estimate of drug-likeness (QED) is 0.826. The second kappa shape index (κ2) is 6.55. The highest BCUT2D eigenvalue weighted by atomic mass is 19.1. The fourth-order valence-corrected chi connectivity index (χ4v) is 3.80. The van der Waals surface area contributed by atoms with Crippen LogP contribution in [0.25, 0.3) is 0 Å². The summed E-state index contributed by atoms with van der Waals surface area (Å²) in [4.78, 5) is 15.8. The van der Waals surface area contributed by atoms with E-state index >= 15 is 0 Å². The second-order valence-electron chi connectivity index (χ2n) is 6.55. The van der Waals surface area contributed by atoms with Crippen LogP contribution in [0.1, 0.15) is 18.9 Å². The summed E-state index contributed by atoms with van der Waals surface area (Å²) in [6, 6.07) is 6.76. The monoisotopic (exact) mass is 322 g/mol. The molecule has 6 heteroatoms. The van der Waals surface area contributed by atoms with E-state index in [1.807, 2.05) is 17.9 Å². The number of likely N-dealkylation sites (tertiary alicyclic amines) is 2. The van der Waals surface area contributed by atoms with Gasteiger partial charge in [0.15, 0.2) is 0 Å². The lowest BCUT2D eigenvalue weighted by molar-refractivity contribution is -0.146. The highest BCUT2D eigenvalue weighted by Crippen LogP contribution is 2.36. The summed E-state index contributed by atoms with van der Waals surface area (Å²) in [6.45, 7) is 3.80. The van der Waals surface area contributed by atoms with Gasteiger partial charge in [-0.3, -0.25) is 14.6 Å². The van der Waals surface area contributed by atoms with Gasteiger partial charge in [-0.2, -0.15) is 0 Å². The first-order valence-electron chi connectivity index (χ1n) is 7.99. The minimum absolute atomic E-state index is 0.0284. The Morgan fingerprint density at radius 3 is 2.96 bits per heavy atom. The maximum absolute atomic E-state index is 13.3. The molecule has 0 radical (unpaired) electrons. The Labute approximate surface area is 135 Å². The van der Waals surface area contributed by atoms with Gasteiger partial charge in [-0.25, -0.2) is 4.39 Å². The molecule has 0 saturated carbocycles. The molecule has 2 fully saturated rings. The Morgan fingerprint density at radius 1 is 1.52 bits per heavy atom. The van der Waals surface area contributed by atoms with E-state index < -0.39 is 6.23 Å². The van der Waals surface area contributed by atoms with Crippen LogP contribution in [0.2, 0.25) is 0 Å². The summed E-state index contributed by atoms with van der Waals surface area (Å²) < 4.78 is 18.1. The minimum Gasteiger partial charge on any atom is -0.469 e. The Kier molecular flexibility index (Phi) is 4.66. The van der Waals surface area contributed by atoms with Crippen LogP contribution >= 0.6 is 0 Å². The predicted molar refractivity (Wildman–Crippen MR) is 82.9 cm³/mol. The number of rotatable bonds is 5. The van der Waals surface area contributed by atoms with Gasteiger partial charge in [0.05, 0.1) is 19.1 Å². The van der Waals surface area contributed by atoms with Crippen molar-refractivity contribution in [1.82, 2.24) is 9.80 Å². The van der Waals surface area contributed by atoms with Gasteiger partial charge in [-0.15, -0.1) is 0 Å². The van der Waals surface area contributed by atoms with Crippen molar-refractivity contribution in [2.75, 3.05) is 20.2 Å². The largest absolute Gasteiger partial charge is 0.469 e. The summed E-state index contributed by atoms with van der Waals surface area (Å²) in [7, 11) is 1.39. The third-order valence-electron chi connectivity index (χ3n) is 4.95. The van der Waals surface area contributed by atoms with Gasteiger partial charge in [0.1, 0.15) is 12.0 Å². The molecule has 1 unspecified atom stereocenters. The van der Waals surface area contributed by atoms with Crippen LogP contribution in [0.15, 0.2) is 24.3 Å². The van der Waals surface area contributed by atoms with E-state index in [1.165, 1.54) is 19.2 Å². The highest BCUT2D eigenvalue weighted by Gasteiger charge is 2.49. The fraction of sp³-hybridized carbons (Fsp3) is 0.588. The number of hydrogen-bond acceptors (Lipinski definition) is 5. The molecule has 2 aliphatic rings. The van der Waals surface area contributed by atoms with Crippen LogP contribution < -0.4 is 0 Å². The molecular weight excluding hydrogens is 299 g/mol. The molecular formula is C17H23FN2O3. The van der Waals surface area contributed by atoms with Gasteiger partial charge in [0.25, 0.3) is 0 Å².